The van der Waals surface area contributed by atoms with Gasteiger partial charge in [-0.15, -0.1) is 5.92 Å². The lowest BCUT2D eigenvalue weighted by molar-refractivity contribution is -0.117. The summed E-state index contributed by atoms with van der Waals surface area (Å²) in [4.78, 5) is 10.4. The number of carbonyl (C=O) groups is 1. The summed E-state index contributed by atoms with van der Waals surface area (Å²) < 4.78 is 5.10. The van der Waals surface area contributed by atoms with E-state index in [1.165, 1.54) is 0 Å². The Balaban J connectivity index is 3.00. The van der Waals surface area contributed by atoms with Crippen molar-refractivity contribution in [3.05, 3.63) is 0 Å². The second-order valence-corrected chi connectivity index (χ2v) is 2.28. The first-order valence-electron chi connectivity index (χ1n) is 3.74. The topological polar surface area (TPSA) is 26.3 Å². The van der Waals surface area contributed by atoms with E-state index in [4.69, 9.17) is 4.74 Å². The Bertz CT molecular complexity index is 162. The molecule has 0 rings (SSSR count). The number of rotatable bonds is 5. The minimum absolute atomic E-state index is 0.218. The van der Waals surface area contributed by atoms with Gasteiger partial charge in [0.25, 0.3) is 0 Å². The molecule has 0 saturated heterocycles. The van der Waals surface area contributed by atoms with Crippen LogP contribution in [0.5, 0.6) is 0 Å². The maximum Gasteiger partial charge on any atom is 0.129 e. The molecule has 0 spiro atoms. The van der Waals surface area contributed by atoms with Crippen LogP contribution in [0.1, 0.15) is 26.7 Å². The third-order valence-corrected chi connectivity index (χ3v) is 1.17. The molecule has 2 heteroatoms. The molecule has 0 N–H and O–H groups in total. The van der Waals surface area contributed by atoms with Gasteiger partial charge in [0, 0.05) is 13.0 Å². The van der Waals surface area contributed by atoms with Crippen molar-refractivity contribution in [1.29, 1.82) is 0 Å². The maximum atomic E-state index is 10.4. The van der Waals surface area contributed by atoms with Gasteiger partial charge in [0.2, 0.25) is 0 Å². The number of hydrogen-bond donors (Lipinski definition) is 0. The molecule has 0 saturated carbocycles. The number of carbonyl (C=O) groups excluding carboxylic acids is 1. The molecule has 0 amide bonds. The standard InChI is InChI=1S/C9H14O2/c1-3-4-7-11-8-5-6-9(2)10/h5-8H2,1-2H3. The number of ether oxygens (including phenoxy) is 1. The third kappa shape index (κ3) is 9.19. The quantitative estimate of drug-likeness (QED) is 0.442. The van der Waals surface area contributed by atoms with Gasteiger partial charge in [0.15, 0.2) is 0 Å². The average Bonchev–Trinajstić information content (AvgIpc) is 1.96. The summed E-state index contributed by atoms with van der Waals surface area (Å²) in [5.74, 6) is 5.72. The molecular formula is C9H14O2. The highest BCUT2D eigenvalue weighted by Crippen LogP contribution is 1.90. The number of ketones is 1. The van der Waals surface area contributed by atoms with E-state index in [1.54, 1.807) is 13.8 Å². The smallest absolute Gasteiger partial charge is 0.129 e. The van der Waals surface area contributed by atoms with Crippen molar-refractivity contribution in [2.45, 2.75) is 26.7 Å². The molecule has 0 fully saturated rings. The van der Waals surface area contributed by atoms with Crippen LogP contribution in [0.4, 0.5) is 0 Å². The summed E-state index contributed by atoms with van der Waals surface area (Å²) in [7, 11) is 0. The van der Waals surface area contributed by atoms with Gasteiger partial charge in [-0.25, -0.2) is 0 Å². The van der Waals surface area contributed by atoms with Crippen molar-refractivity contribution in [3.63, 3.8) is 0 Å². The SMILES string of the molecule is CC#CCOCCCC(C)=O. The van der Waals surface area contributed by atoms with Crippen LogP contribution in [-0.2, 0) is 9.53 Å². The Kier molecular flexibility index (Phi) is 6.76. The van der Waals surface area contributed by atoms with Gasteiger partial charge in [0.1, 0.15) is 12.4 Å². The molecule has 0 bridgehead atoms. The summed E-state index contributed by atoms with van der Waals surface area (Å²) >= 11 is 0. The molecule has 0 atom stereocenters. The Hall–Kier alpha value is -0.810. The van der Waals surface area contributed by atoms with E-state index >= 15 is 0 Å². The van der Waals surface area contributed by atoms with Crippen molar-refractivity contribution in [3.8, 4) is 11.8 Å². The zero-order chi connectivity index (χ0) is 8.53. The van der Waals surface area contributed by atoms with Crippen LogP contribution in [-0.4, -0.2) is 19.0 Å². The van der Waals surface area contributed by atoms with Gasteiger partial charge < -0.3 is 9.53 Å². The third-order valence-electron chi connectivity index (χ3n) is 1.17. The summed E-state index contributed by atoms with van der Waals surface area (Å²) in [5.41, 5.74) is 0. The molecule has 0 aliphatic rings. The maximum absolute atomic E-state index is 10.4. The van der Waals surface area contributed by atoms with Crippen LogP contribution in [0.25, 0.3) is 0 Å². The molecule has 0 aromatic carbocycles. The normalized spacial score (nSPS) is 8.55. The van der Waals surface area contributed by atoms with Gasteiger partial charge in [-0.05, 0) is 20.3 Å². The second-order valence-electron chi connectivity index (χ2n) is 2.28. The summed E-state index contributed by atoms with van der Waals surface area (Å²) in [6.45, 7) is 4.48. The average molecular weight is 154 g/mol. The lowest BCUT2D eigenvalue weighted by atomic mass is 10.2. The summed E-state index contributed by atoms with van der Waals surface area (Å²) in [6, 6.07) is 0. The van der Waals surface area contributed by atoms with Gasteiger partial charge in [-0.1, -0.05) is 5.92 Å². The molecule has 0 aliphatic heterocycles. The molecule has 62 valence electrons. The first-order chi connectivity index (χ1) is 5.27. The van der Waals surface area contributed by atoms with E-state index in [0.29, 0.717) is 19.6 Å². The van der Waals surface area contributed by atoms with Crippen LogP contribution in [0.3, 0.4) is 0 Å². The second kappa shape index (κ2) is 7.30. The van der Waals surface area contributed by atoms with E-state index in [-0.39, 0.29) is 5.78 Å². The lowest BCUT2D eigenvalue weighted by Gasteiger charge is -1.96. The van der Waals surface area contributed by atoms with E-state index in [2.05, 4.69) is 11.8 Å². The van der Waals surface area contributed by atoms with Crippen LogP contribution < -0.4 is 0 Å². The van der Waals surface area contributed by atoms with Gasteiger partial charge in [-0.2, -0.15) is 0 Å². The van der Waals surface area contributed by atoms with E-state index in [1.807, 2.05) is 0 Å². The molecule has 11 heavy (non-hydrogen) atoms. The van der Waals surface area contributed by atoms with Crippen molar-refractivity contribution < 1.29 is 9.53 Å². The molecule has 0 unspecified atom stereocenters. The highest BCUT2D eigenvalue weighted by atomic mass is 16.5. The van der Waals surface area contributed by atoms with E-state index < -0.39 is 0 Å². The largest absolute Gasteiger partial charge is 0.369 e. The first kappa shape index (κ1) is 10.2. The fourth-order valence-corrected chi connectivity index (χ4v) is 0.619. The molecule has 0 aliphatic carbocycles. The highest BCUT2D eigenvalue weighted by Gasteiger charge is 1.91. The summed E-state index contributed by atoms with van der Waals surface area (Å²) in [6.07, 6.45) is 1.42. The molecular weight excluding hydrogens is 140 g/mol. The zero-order valence-corrected chi connectivity index (χ0v) is 7.14. The molecule has 0 aromatic heterocycles. The highest BCUT2D eigenvalue weighted by molar-refractivity contribution is 5.75. The van der Waals surface area contributed by atoms with Crippen LogP contribution in [0.2, 0.25) is 0 Å². The van der Waals surface area contributed by atoms with Crippen molar-refractivity contribution in [2.75, 3.05) is 13.2 Å². The van der Waals surface area contributed by atoms with Gasteiger partial charge in [0.05, 0.1) is 0 Å². The monoisotopic (exact) mass is 154 g/mol. The Labute approximate surface area is 67.9 Å². The Morgan fingerprint density at radius 2 is 2.27 bits per heavy atom. The minimum Gasteiger partial charge on any atom is -0.369 e. The van der Waals surface area contributed by atoms with Crippen LogP contribution in [0.15, 0.2) is 0 Å². The zero-order valence-electron chi connectivity index (χ0n) is 7.14. The Morgan fingerprint density at radius 3 is 2.82 bits per heavy atom. The van der Waals surface area contributed by atoms with Crippen molar-refractivity contribution in [2.24, 2.45) is 0 Å². The number of hydrogen-bond acceptors (Lipinski definition) is 2. The minimum atomic E-state index is 0.218. The Morgan fingerprint density at radius 1 is 1.55 bits per heavy atom. The van der Waals surface area contributed by atoms with Crippen molar-refractivity contribution in [1.82, 2.24) is 0 Å². The predicted molar refractivity (Wildman–Crippen MR) is 44.2 cm³/mol. The molecule has 0 aromatic rings. The molecule has 0 radical (unpaired) electrons. The van der Waals surface area contributed by atoms with Crippen molar-refractivity contribution >= 4 is 5.78 Å². The van der Waals surface area contributed by atoms with E-state index in [9.17, 15) is 4.79 Å². The van der Waals surface area contributed by atoms with Gasteiger partial charge in [-0.3, -0.25) is 0 Å². The lowest BCUT2D eigenvalue weighted by Crippen LogP contribution is -1.98. The number of Topliss-reactive ketones (excluding diaryl/α,β-unsaturated/α-hetero) is 1. The van der Waals surface area contributed by atoms with E-state index in [0.717, 1.165) is 6.42 Å². The molecule has 0 heterocycles. The fourth-order valence-electron chi connectivity index (χ4n) is 0.619. The van der Waals surface area contributed by atoms with Crippen LogP contribution in [0, 0.1) is 11.8 Å². The first-order valence-corrected chi connectivity index (χ1v) is 3.74. The summed E-state index contributed by atoms with van der Waals surface area (Å²) in [5, 5.41) is 0. The van der Waals surface area contributed by atoms with Crippen LogP contribution >= 0.6 is 0 Å². The fraction of sp³-hybridized carbons (Fsp3) is 0.667. The van der Waals surface area contributed by atoms with Gasteiger partial charge >= 0.3 is 0 Å². The predicted octanol–water partition coefficient (Wildman–Crippen LogP) is 1.40. The molecule has 2 nitrogen and oxygen atoms in total.